The van der Waals surface area contributed by atoms with Crippen LogP contribution in [0.25, 0.3) is 0 Å². The highest BCUT2D eigenvalue weighted by Crippen LogP contribution is 2.00. The second-order valence-corrected chi connectivity index (χ2v) is 1.89. The molecule has 0 amide bonds. The molecule has 56 valence electrons. The van der Waals surface area contributed by atoms with Crippen molar-refractivity contribution in [2.75, 3.05) is 0 Å². The van der Waals surface area contributed by atoms with Crippen molar-refractivity contribution in [1.82, 2.24) is 0 Å². The maximum Gasteiger partial charge on any atom is 0.0474 e. The first-order valence-corrected chi connectivity index (χ1v) is 3.40. The number of nitrogens with two attached hydrogens (primary N) is 2. The van der Waals surface area contributed by atoms with Gasteiger partial charge < -0.3 is 0 Å². The Hall–Kier alpha value is -0.570. The topological polar surface area (TPSA) is 52.0 Å². The van der Waals surface area contributed by atoms with Gasteiger partial charge in [-0.05, 0) is 5.56 Å². The van der Waals surface area contributed by atoms with Gasteiger partial charge in [-0.3, -0.25) is 11.7 Å². The van der Waals surface area contributed by atoms with Gasteiger partial charge in [0.05, 0.1) is 0 Å². The summed E-state index contributed by atoms with van der Waals surface area (Å²) >= 11 is 5.53. The molecule has 0 bridgehead atoms. The van der Waals surface area contributed by atoms with Gasteiger partial charge in [0, 0.05) is 5.88 Å². The monoisotopic (exact) mass is 158 g/mol. The minimum absolute atomic E-state index is 0.612. The lowest BCUT2D eigenvalue weighted by Gasteiger charge is -1.88. The maximum absolute atomic E-state index is 5.53. The lowest BCUT2D eigenvalue weighted by Crippen LogP contribution is -2.02. The lowest BCUT2D eigenvalue weighted by atomic mass is 10.2. The first-order valence-electron chi connectivity index (χ1n) is 2.86. The molecule has 0 fully saturated rings. The summed E-state index contributed by atoms with van der Waals surface area (Å²) in [7, 11) is 0. The van der Waals surface area contributed by atoms with Gasteiger partial charge in [-0.2, -0.15) is 0 Å². The Balaban J connectivity index is 0.000000371. The minimum Gasteiger partial charge on any atom is -0.274 e. The molecule has 10 heavy (non-hydrogen) atoms. The summed E-state index contributed by atoms with van der Waals surface area (Å²) < 4.78 is 0. The van der Waals surface area contributed by atoms with E-state index in [4.69, 9.17) is 11.6 Å². The van der Waals surface area contributed by atoms with Crippen molar-refractivity contribution in [3.63, 3.8) is 0 Å². The Kier molecular flexibility index (Phi) is 6.18. The molecule has 0 unspecified atom stereocenters. The standard InChI is InChI=1S/C7H7Cl.H4N2/c8-6-7-4-2-1-3-5-7;1-2/h1-5H,6H2;1-2H2. The van der Waals surface area contributed by atoms with E-state index in [2.05, 4.69) is 11.7 Å². The van der Waals surface area contributed by atoms with Gasteiger partial charge in [0.2, 0.25) is 0 Å². The van der Waals surface area contributed by atoms with Crippen LogP contribution in [0.4, 0.5) is 0 Å². The molecule has 3 heteroatoms. The van der Waals surface area contributed by atoms with Crippen molar-refractivity contribution in [2.45, 2.75) is 5.88 Å². The van der Waals surface area contributed by atoms with E-state index in [0.29, 0.717) is 5.88 Å². The molecule has 0 aliphatic heterocycles. The number of benzene rings is 1. The van der Waals surface area contributed by atoms with E-state index in [-0.39, 0.29) is 0 Å². The van der Waals surface area contributed by atoms with Crippen molar-refractivity contribution in [3.05, 3.63) is 35.9 Å². The molecule has 0 spiro atoms. The van der Waals surface area contributed by atoms with Crippen LogP contribution in [0.15, 0.2) is 30.3 Å². The van der Waals surface area contributed by atoms with Crippen LogP contribution in [0.1, 0.15) is 5.56 Å². The van der Waals surface area contributed by atoms with E-state index in [0.717, 1.165) is 0 Å². The van der Waals surface area contributed by atoms with E-state index in [1.54, 1.807) is 0 Å². The van der Waals surface area contributed by atoms with Gasteiger partial charge in [0.15, 0.2) is 0 Å². The largest absolute Gasteiger partial charge is 0.274 e. The highest BCUT2D eigenvalue weighted by Gasteiger charge is 1.81. The van der Waals surface area contributed by atoms with Crippen LogP contribution in [0.5, 0.6) is 0 Å². The van der Waals surface area contributed by atoms with Crippen LogP contribution in [0, 0.1) is 0 Å². The summed E-state index contributed by atoms with van der Waals surface area (Å²) in [5.74, 6) is 8.61. The van der Waals surface area contributed by atoms with E-state index < -0.39 is 0 Å². The summed E-state index contributed by atoms with van der Waals surface area (Å²) in [6.07, 6.45) is 0. The smallest absolute Gasteiger partial charge is 0.0474 e. The molecule has 0 radical (unpaired) electrons. The molecule has 1 aromatic carbocycles. The number of hydrogen-bond acceptors (Lipinski definition) is 2. The zero-order valence-corrected chi connectivity index (χ0v) is 6.38. The van der Waals surface area contributed by atoms with Crippen LogP contribution in [0.3, 0.4) is 0 Å². The average molecular weight is 159 g/mol. The lowest BCUT2D eigenvalue weighted by molar-refractivity contribution is 1.26. The zero-order chi connectivity index (χ0) is 7.82. The molecule has 0 aliphatic rings. The molecule has 0 aromatic heterocycles. The van der Waals surface area contributed by atoms with Crippen molar-refractivity contribution in [1.29, 1.82) is 0 Å². The number of hydrazine groups is 1. The van der Waals surface area contributed by atoms with Gasteiger partial charge in [0.25, 0.3) is 0 Å². The summed E-state index contributed by atoms with van der Waals surface area (Å²) in [6.45, 7) is 0. The number of hydrogen-bond donors (Lipinski definition) is 2. The molecule has 0 aliphatic carbocycles. The van der Waals surface area contributed by atoms with E-state index in [1.807, 2.05) is 30.3 Å². The third kappa shape index (κ3) is 3.45. The molecule has 2 nitrogen and oxygen atoms in total. The Morgan fingerprint density at radius 3 is 1.90 bits per heavy atom. The first kappa shape index (κ1) is 9.43. The molecule has 1 aromatic rings. The second kappa shape index (κ2) is 6.55. The van der Waals surface area contributed by atoms with Crippen LogP contribution >= 0.6 is 11.6 Å². The van der Waals surface area contributed by atoms with Gasteiger partial charge >= 0.3 is 0 Å². The molecule has 0 heterocycles. The zero-order valence-electron chi connectivity index (χ0n) is 5.63. The number of halogens is 1. The van der Waals surface area contributed by atoms with Crippen LogP contribution in [-0.4, -0.2) is 0 Å². The fraction of sp³-hybridized carbons (Fsp3) is 0.143. The summed E-state index contributed by atoms with van der Waals surface area (Å²) in [6, 6.07) is 9.96. The van der Waals surface area contributed by atoms with Gasteiger partial charge in [-0.1, -0.05) is 30.3 Å². The van der Waals surface area contributed by atoms with Crippen molar-refractivity contribution >= 4 is 11.6 Å². The Labute approximate surface area is 65.8 Å². The highest BCUT2D eigenvalue weighted by molar-refractivity contribution is 6.17. The molecular formula is C7H11ClN2. The normalized spacial score (nSPS) is 7.90. The number of alkyl halides is 1. The first-order chi connectivity index (χ1) is 4.93. The molecule has 0 saturated heterocycles. The van der Waals surface area contributed by atoms with Gasteiger partial charge in [-0.15, -0.1) is 11.6 Å². The summed E-state index contributed by atoms with van der Waals surface area (Å²) in [5.41, 5.74) is 1.18. The van der Waals surface area contributed by atoms with Gasteiger partial charge in [-0.25, -0.2) is 0 Å². The van der Waals surface area contributed by atoms with E-state index in [1.165, 1.54) is 5.56 Å². The fourth-order valence-electron chi connectivity index (χ4n) is 0.567. The molecule has 1 rings (SSSR count). The van der Waals surface area contributed by atoms with E-state index >= 15 is 0 Å². The van der Waals surface area contributed by atoms with Crippen LogP contribution in [0.2, 0.25) is 0 Å². The Morgan fingerprint density at radius 1 is 1.10 bits per heavy atom. The van der Waals surface area contributed by atoms with E-state index in [9.17, 15) is 0 Å². The SMILES string of the molecule is ClCc1ccccc1.NN. The third-order valence-corrected chi connectivity index (χ3v) is 1.31. The number of rotatable bonds is 1. The quantitative estimate of drug-likeness (QED) is 0.367. The summed E-state index contributed by atoms with van der Waals surface area (Å²) in [5, 5.41) is 0. The summed E-state index contributed by atoms with van der Waals surface area (Å²) in [4.78, 5) is 0. The van der Waals surface area contributed by atoms with Crippen molar-refractivity contribution in [2.24, 2.45) is 11.7 Å². The maximum atomic E-state index is 5.53. The molecule has 4 N–H and O–H groups in total. The Bertz CT molecular complexity index is 153. The van der Waals surface area contributed by atoms with Crippen molar-refractivity contribution < 1.29 is 0 Å². The van der Waals surface area contributed by atoms with Crippen LogP contribution < -0.4 is 11.7 Å². The average Bonchev–Trinajstić information content (AvgIpc) is 2.10. The van der Waals surface area contributed by atoms with Crippen LogP contribution in [-0.2, 0) is 5.88 Å². The molecule has 0 saturated carbocycles. The fourth-order valence-corrected chi connectivity index (χ4v) is 0.745. The predicted octanol–water partition coefficient (Wildman–Crippen LogP) is 1.24. The predicted molar refractivity (Wildman–Crippen MR) is 44.4 cm³/mol. The second-order valence-electron chi connectivity index (χ2n) is 1.62. The Morgan fingerprint density at radius 2 is 1.60 bits per heavy atom. The van der Waals surface area contributed by atoms with Gasteiger partial charge in [0.1, 0.15) is 0 Å². The van der Waals surface area contributed by atoms with Crippen molar-refractivity contribution in [3.8, 4) is 0 Å². The molecule has 0 atom stereocenters. The molecular weight excluding hydrogens is 148 g/mol. The minimum atomic E-state index is 0.612. The third-order valence-electron chi connectivity index (χ3n) is 0.997. The highest BCUT2D eigenvalue weighted by atomic mass is 35.5.